The monoisotopic (exact) mass is 417 g/mol. The fourth-order valence-corrected chi connectivity index (χ4v) is 2.48. The average molecular weight is 417 g/mol. The third-order valence-electron chi connectivity index (χ3n) is 4.04. The highest BCUT2D eigenvalue weighted by Crippen LogP contribution is 2.30. The second-order valence-corrected chi connectivity index (χ2v) is 5.71. The Labute approximate surface area is 148 Å². The van der Waals surface area contributed by atoms with Crippen molar-refractivity contribution in [3.63, 3.8) is 0 Å². The molecule has 0 radical (unpaired) electrons. The van der Waals surface area contributed by atoms with Crippen LogP contribution in [0.4, 0.5) is 0 Å². The van der Waals surface area contributed by atoms with Crippen LogP contribution in [0.1, 0.15) is 31.2 Å². The zero-order valence-electron chi connectivity index (χ0n) is 12.7. The van der Waals surface area contributed by atoms with Gasteiger partial charge in [0.15, 0.2) is 17.5 Å². The van der Waals surface area contributed by atoms with Crippen LogP contribution in [0.15, 0.2) is 23.2 Å². The molecule has 2 aliphatic rings. The van der Waals surface area contributed by atoms with E-state index in [1.807, 2.05) is 18.2 Å². The molecule has 5 nitrogen and oxygen atoms in total. The molecule has 0 atom stereocenters. The summed E-state index contributed by atoms with van der Waals surface area (Å²) in [6.07, 6.45) is 4.88. The maximum Gasteiger partial charge on any atom is 0.188 e. The zero-order chi connectivity index (χ0) is 14.5. The number of fused-ring (bicyclic) bond motifs is 1. The van der Waals surface area contributed by atoms with Crippen LogP contribution in [-0.2, 0) is 6.54 Å². The largest absolute Gasteiger partial charge is 0.490 e. The van der Waals surface area contributed by atoms with Gasteiger partial charge in [0.2, 0.25) is 0 Å². The quantitative estimate of drug-likeness (QED) is 0.449. The van der Waals surface area contributed by atoms with Gasteiger partial charge >= 0.3 is 0 Å². The predicted octanol–water partition coefficient (Wildman–Crippen LogP) is 2.67. The van der Waals surface area contributed by atoms with Gasteiger partial charge < -0.3 is 20.5 Å². The number of ether oxygens (including phenoxy) is 2. The maximum atomic E-state index is 5.89. The van der Waals surface area contributed by atoms with Crippen molar-refractivity contribution in [2.45, 2.75) is 32.2 Å². The molecule has 6 heteroatoms. The van der Waals surface area contributed by atoms with Gasteiger partial charge in [0, 0.05) is 13.0 Å². The molecule has 0 bridgehead atoms. The summed E-state index contributed by atoms with van der Waals surface area (Å²) in [6.45, 7) is 2.91. The van der Waals surface area contributed by atoms with Crippen molar-refractivity contribution in [3.8, 4) is 11.5 Å². The second kappa shape index (κ2) is 8.45. The van der Waals surface area contributed by atoms with Gasteiger partial charge in [-0.15, -0.1) is 24.0 Å². The Morgan fingerprint density at radius 1 is 1.18 bits per heavy atom. The molecular weight excluding hydrogens is 393 g/mol. The second-order valence-electron chi connectivity index (χ2n) is 5.71. The lowest BCUT2D eigenvalue weighted by Gasteiger charge is -2.25. The molecule has 3 rings (SSSR count). The maximum absolute atomic E-state index is 5.89. The van der Waals surface area contributed by atoms with Crippen molar-refractivity contribution >= 4 is 29.9 Å². The van der Waals surface area contributed by atoms with Gasteiger partial charge in [-0.25, -0.2) is 4.99 Å². The van der Waals surface area contributed by atoms with E-state index in [4.69, 9.17) is 15.2 Å². The Morgan fingerprint density at radius 2 is 1.95 bits per heavy atom. The standard InChI is InChI=1S/C16H23N3O2.HI/c17-16(18-10-12-3-1-4-12)19-11-13-5-6-14-15(9-13)21-8-2-7-20-14;/h5-6,9,12H,1-4,7-8,10-11H2,(H3,17,18,19);1H. The summed E-state index contributed by atoms with van der Waals surface area (Å²) in [5.74, 6) is 2.92. The molecule has 1 heterocycles. The predicted molar refractivity (Wildman–Crippen MR) is 98.1 cm³/mol. The fraction of sp³-hybridized carbons (Fsp3) is 0.562. The topological polar surface area (TPSA) is 68.9 Å². The minimum Gasteiger partial charge on any atom is -0.490 e. The van der Waals surface area contributed by atoms with Gasteiger partial charge in [0.25, 0.3) is 0 Å². The molecule has 1 aromatic rings. The van der Waals surface area contributed by atoms with Crippen molar-refractivity contribution in [1.29, 1.82) is 0 Å². The number of hydrogen-bond acceptors (Lipinski definition) is 3. The van der Waals surface area contributed by atoms with Crippen LogP contribution in [0.25, 0.3) is 0 Å². The first kappa shape index (κ1) is 17.2. The Hall–Kier alpha value is -1.18. The number of halogens is 1. The Morgan fingerprint density at radius 3 is 2.68 bits per heavy atom. The van der Waals surface area contributed by atoms with Gasteiger partial charge in [0.05, 0.1) is 19.8 Å². The van der Waals surface area contributed by atoms with E-state index >= 15 is 0 Å². The smallest absolute Gasteiger partial charge is 0.188 e. The van der Waals surface area contributed by atoms with E-state index < -0.39 is 0 Å². The third-order valence-corrected chi connectivity index (χ3v) is 4.04. The summed E-state index contributed by atoms with van der Waals surface area (Å²) in [6, 6.07) is 5.95. The van der Waals surface area contributed by atoms with Crippen molar-refractivity contribution in [1.82, 2.24) is 5.32 Å². The van der Waals surface area contributed by atoms with Crippen LogP contribution < -0.4 is 20.5 Å². The van der Waals surface area contributed by atoms with Crippen molar-refractivity contribution in [2.24, 2.45) is 16.6 Å². The van der Waals surface area contributed by atoms with Gasteiger partial charge in [0.1, 0.15) is 0 Å². The molecule has 0 amide bonds. The van der Waals surface area contributed by atoms with E-state index in [1.54, 1.807) is 0 Å². The molecule has 1 aliphatic heterocycles. The first-order valence-electron chi connectivity index (χ1n) is 7.73. The van der Waals surface area contributed by atoms with Crippen LogP contribution in [0.2, 0.25) is 0 Å². The number of nitrogens with two attached hydrogens (primary N) is 1. The normalized spacial score (nSPS) is 17.9. The lowest BCUT2D eigenvalue weighted by Crippen LogP contribution is -2.37. The first-order valence-corrected chi connectivity index (χ1v) is 7.73. The number of aliphatic imine (C=N–C) groups is 1. The van der Waals surface area contributed by atoms with Gasteiger partial charge in [-0.2, -0.15) is 0 Å². The highest BCUT2D eigenvalue weighted by molar-refractivity contribution is 14.0. The minimum atomic E-state index is 0. The van der Waals surface area contributed by atoms with Crippen LogP contribution >= 0.6 is 24.0 Å². The molecular formula is C16H24IN3O2. The van der Waals surface area contributed by atoms with Crippen LogP contribution in [0, 0.1) is 5.92 Å². The van der Waals surface area contributed by atoms with E-state index in [1.165, 1.54) is 19.3 Å². The van der Waals surface area contributed by atoms with E-state index in [9.17, 15) is 0 Å². The Kier molecular flexibility index (Phi) is 6.60. The number of hydrogen-bond donors (Lipinski definition) is 2. The Balaban J connectivity index is 0.00000176. The molecule has 1 saturated carbocycles. The summed E-state index contributed by atoms with van der Waals surface area (Å²) in [7, 11) is 0. The van der Waals surface area contributed by atoms with Crippen molar-refractivity contribution in [2.75, 3.05) is 19.8 Å². The van der Waals surface area contributed by atoms with Crippen LogP contribution in [0.5, 0.6) is 11.5 Å². The van der Waals surface area contributed by atoms with E-state index in [2.05, 4.69) is 10.3 Å². The third kappa shape index (κ3) is 4.66. The number of rotatable bonds is 4. The van der Waals surface area contributed by atoms with E-state index in [0.29, 0.717) is 25.7 Å². The molecule has 0 saturated heterocycles. The van der Waals surface area contributed by atoms with Gasteiger partial charge in [-0.3, -0.25) is 0 Å². The Bertz CT molecular complexity index is 518. The van der Waals surface area contributed by atoms with Crippen molar-refractivity contribution < 1.29 is 9.47 Å². The van der Waals surface area contributed by atoms with Crippen molar-refractivity contribution in [3.05, 3.63) is 23.8 Å². The summed E-state index contributed by atoms with van der Waals surface area (Å²) in [5, 5.41) is 3.20. The summed E-state index contributed by atoms with van der Waals surface area (Å²) in [4.78, 5) is 4.38. The fourth-order valence-electron chi connectivity index (χ4n) is 2.48. The molecule has 1 aliphatic carbocycles. The lowest BCUT2D eigenvalue weighted by molar-refractivity contribution is 0.297. The average Bonchev–Trinajstić information content (AvgIpc) is 2.68. The summed E-state index contributed by atoms with van der Waals surface area (Å²) >= 11 is 0. The molecule has 0 spiro atoms. The molecule has 122 valence electrons. The first-order chi connectivity index (χ1) is 10.3. The van der Waals surface area contributed by atoms with E-state index in [-0.39, 0.29) is 24.0 Å². The minimum absolute atomic E-state index is 0. The lowest BCUT2D eigenvalue weighted by atomic mass is 9.85. The van der Waals surface area contributed by atoms with Gasteiger partial charge in [-0.05, 0) is 36.5 Å². The molecule has 3 N–H and O–H groups in total. The highest BCUT2D eigenvalue weighted by atomic mass is 127. The zero-order valence-corrected chi connectivity index (χ0v) is 15.0. The summed E-state index contributed by atoms with van der Waals surface area (Å²) < 4.78 is 11.3. The molecule has 22 heavy (non-hydrogen) atoms. The highest BCUT2D eigenvalue weighted by Gasteiger charge is 2.16. The number of guanidine groups is 1. The van der Waals surface area contributed by atoms with Crippen LogP contribution in [0.3, 0.4) is 0 Å². The number of nitrogens with zero attached hydrogens (tertiary/aromatic N) is 1. The summed E-state index contributed by atoms with van der Waals surface area (Å²) in [5.41, 5.74) is 6.97. The molecule has 0 aromatic heterocycles. The van der Waals surface area contributed by atoms with E-state index in [0.717, 1.165) is 35.9 Å². The molecule has 0 unspecified atom stereocenters. The SMILES string of the molecule is I.NC(=NCc1ccc2c(c1)OCCCO2)NCC1CCC1. The number of nitrogens with one attached hydrogen (secondary N) is 1. The van der Waals surface area contributed by atoms with Crippen LogP contribution in [-0.4, -0.2) is 25.7 Å². The van der Waals surface area contributed by atoms with Gasteiger partial charge in [-0.1, -0.05) is 12.5 Å². The number of benzene rings is 1. The molecule has 1 fully saturated rings. The molecule has 1 aromatic carbocycles.